The smallest absolute Gasteiger partial charge is 0.220 e. The van der Waals surface area contributed by atoms with Crippen molar-refractivity contribution in [1.29, 1.82) is 0 Å². The summed E-state index contributed by atoms with van der Waals surface area (Å²) in [6.07, 6.45) is 10.0. The molecule has 110 valence electrons. The molecule has 1 aromatic heterocycles. The fourth-order valence-electron chi connectivity index (χ4n) is 3.44. The van der Waals surface area contributed by atoms with Gasteiger partial charge in [-0.25, -0.2) is 4.98 Å². The lowest BCUT2D eigenvalue weighted by atomic mass is 10.0. The first-order valence-corrected chi connectivity index (χ1v) is 8.64. The van der Waals surface area contributed by atoms with Crippen molar-refractivity contribution in [3.05, 3.63) is 11.6 Å². The first-order valence-electron chi connectivity index (χ1n) is 7.76. The minimum absolute atomic E-state index is 0.239. The normalized spacial score (nSPS) is 23.4. The first kappa shape index (κ1) is 13.9. The topological polar surface area (TPSA) is 45.2 Å². The van der Waals surface area contributed by atoms with E-state index in [2.05, 4.69) is 15.2 Å². The van der Waals surface area contributed by atoms with Gasteiger partial charge in [0.15, 0.2) is 5.13 Å². The molecule has 1 atom stereocenters. The van der Waals surface area contributed by atoms with Crippen LogP contribution in [0.15, 0.2) is 11.6 Å². The average Bonchev–Trinajstić information content (AvgIpc) is 3.18. The molecule has 4 nitrogen and oxygen atoms in total. The Kier molecular flexibility index (Phi) is 4.55. The Bertz CT molecular complexity index is 428. The molecule has 20 heavy (non-hydrogen) atoms. The molecule has 2 fully saturated rings. The summed E-state index contributed by atoms with van der Waals surface area (Å²) >= 11 is 1.69. The maximum Gasteiger partial charge on any atom is 0.220 e. The Hall–Kier alpha value is -1.10. The molecule has 1 saturated carbocycles. The number of hydrogen-bond donors (Lipinski definition) is 1. The van der Waals surface area contributed by atoms with Crippen molar-refractivity contribution in [3.63, 3.8) is 0 Å². The molecule has 1 unspecified atom stereocenters. The number of rotatable bonds is 5. The van der Waals surface area contributed by atoms with Crippen LogP contribution in [-0.4, -0.2) is 30.0 Å². The van der Waals surface area contributed by atoms with Gasteiger partial charge in [0, 0.05) is 37.1 Å². The van der Waals surface area contributed by atoms with E-state index in [1.54, 1.807) is 11.3 Å². The summed E-state index contributed by atoms with van der Waals surface area (Å²) in [6.45, 7) is 1.84. The molecule has 1 aliphatic heterocycles. The molecular weight excluding hydrogens is 270 g/mol. The molecule has 1 aliphatic carbocycles. The highest BCUT2D eigenvalue weighted by Crippen LogP contribution is 2.28. The Morgan fingerprint density at radius 2 is 2.20 bits per heavy atom. The average molecular weight is 293 g/mol. The first-order chi connectivity index (χ1) is 9.83. The molecule has 2 aliphatic rings. The van der Waals surface area contributed by atoms with E-state index >= 15 is 0 Å². The van der Waals surface area contributed by atoms with Crippen molar-refractivity contribution in [1.82, 2.24) is 10.3 Å². The predicted octanol–water partition coefficient (Wildman–Crippen LogP) is 2.81. The lowest BCUT2D eigenvalue weighted by Crippen LogP contribution is -2.40. The molecule has 5 heteroatoms. The van der Waals surface area contributed by atoms with E-state index in [1.807, 2.05) is 11.6 Å². The van der Waals surface area contributed by atoms with E-state index in [0.717, 1.165) is 31.1 Å². The van der Waals surface area contributed by atoms with E-state index in [-0.39, 0.29) is 5.91 Å². The highest BCUT2D eigenvalue weighted by atomic mass is 32.1. The van der Waals surface area contributed by atoms with Crippen LogP contribution in [0.3, 0.4) is 0 Å². The molecule has 0 spiro atoms. The van der Waals surface area contributed by atoms with Gasteiger partial charge in [0.05, 0.1) is 0 Å². The molecule has 1 aromatic rings. The monoisotopic (exact) mass is 293 g/mol. The SMILES string of the molecule is O=C(CC1CCCC1)NCC1CCCN1c1nccs1. The molecule has 0 radical (unpaired) electrons. The lowest BCUT2D eigenvalue weighted by molar-refractivity contribution is -0.122. The van der Waals surface area contributed by atoms with Gasteiger partial charge in [-0.1, -0.05) is 12.8 Å². The largest absolute Gasteiger partial charge is 0.354 e. The van der Waals surface area contributed by atoms with Gasteiger partial charge in [-0.15, -0.1) is 11.3 Å². The number of nitrogens with one attached hydrogen (secondary N) is 1. The van der Waals surface area contributed by atoms with Crippen molar-refractivity contribution in [2.24, 2.45) is 5.92 Å². The number of carbonyl (C=O) groups is 1. The van der Waals surface area contributed by atoms with Crippen molar-refractivity contribution in [3.8, 4) is 0 Å². The van der Waals surface area contributed by atoms with Crippen LogP contribution < -0.4 is 10.2 Å². The van der Waals surface area contributed by atoms with Gasteiger partial charge in [-0.2, -0.15) is 0 Å². The minimum Gasteiger partial charge on any atom is -0.354 e. The number of anilines is 1. The zero-order valence-corrected chi connectivity index (χ0v) is 12.7. The molecule has 1 N–H and O–H groups in total. The molecule has 2 heterocycles. The Labute approximate surface area is 124 Å². The van der Waals surface area contributed by atoms with E-state index in [4.69, 9.17) is 0 Å². The molecule has 1 saturated heterocycles. The van der Waals surface area contributed by atoms with Crippen molar-refractivity contribution in [2.45, 2.75) is 51.0 Å². The summed E-state index contributed by atoms with van der Waals surface area (Å²) in [5.74, 6) is 0.872. The van der Waals surface area contributed by atoms with Gasteiger partial charge in [0.1, 0.15) is 0 Å². The molecular formula is C15H23N3OS. The van der Waals surface area contributed by atoms with Crippen LogP contribution in [0.25, 0.3) is 0 Å². The second-order valence-electron chi connectivity index (χ2n) is 5.96. The Morgan fingerprint density at radius 3 is 2.95 bits per heavy atom. The third-order valence-corrected chi connectivity index (χ3v) is 5.33. The summed E-state index contributed by atoms with van der Waals surface area (Å²) in [5, 5.41) is 6.25. The van der Waals surface area contributed by atoms with Gasteiger partial charge in [-0.05, 0) is 31.6 Å². The molecule has 0 bridgehead atoms. The van der Waals surface area contributed by atoms with Gasteiger partial charge in [0.2, 0.25) is 5.91 Å². The highest BCUT2D eigenvalue weighted by molar-refractivity contribution is 7.13. The Balaban J connectivity index is 1.46. The van der Waals surface area contributed by atoms with Gasteiger partial charge < -0.3 is 10.2 Å². The summed E-state index contributed by atoms with van der Waals surface area (Å²) in [5.41, 5.74) is 0. The summed E-state index contributed by atoms with van der Waals surface area (Å²) < 4.78 is 0. The number of amides is 1. The number of hydrogen-bond acceptors (Lipinski definition) is 4. The highest BCUT2D eigenvalue weighted by Gasteiger charge is 2.27. The number of nitrogens with zero attached hydrogens (tertiary/aromatic N) is 2. The van der Waals surface area contributed by atoms with Crippen LogP contribution in [0.2, 0.25) is 0 Å². The molecule has 3 rings (SSSR count). The predicted molar refractivity (Wildman–Crippen MR) is 82.1 cm³/mol. The van der Waals surface area contributed by atoms with Gasteiger partial charge in [-0.3, -0.25) is 4.79 Å². The van der Waals surface area contributed by atoms with Crippen molar-refractivity contribution >= 4 is 22.4 Å². The van der Waals surface area contributed by atoms with Crippen LogP contribution in [0.1, 0.15) is 44.9 Å². The van der Waals surface area contributed by atoms with Crippen molar-refractivity contribution < 1.29 is 4.79 Å². The van der Waals surface area contributed by atoms with Crippen LogP contribution in [0.5, 0.6) is 0 Å². The number of thiazole rings is 1. The van der Waals surface area contributed by atoms with Crippen LogP contribution in [-0.2, 0) is 4.79 Å². The molecule has 0 aromatic carbocycles. The van der Waals surface area contributed by atoms with Gasteiger partial charge in [0.25, 0.3) is 0 Å². The van der Waals surface area contributed by atoms with Crippen molar-refractivity contribution in [2.75, 3.05) is 18.0 Å². The van der Waals surface area contributed by atoms with Crippen LogP contribution >= 0.6 is 11.3 Å². The van der Waals surface area contributed by atoms with Crippen LogP contribution in [0, 0.1) is 5.92 Å². The fraction of sp³-hybridized carbons (Fsp3) is 0.733. The van der Waals surface area contributed by atoms with E-state index < -0.39 is 0 Å². The minimum atomic E-state index is 0.239. The zero-order chi connectivity index (χ0) is 13.8. The van der Waals surface area contributed by atoms with E-state index in [1.165, 1.54) is 32.1 Å². The quantitative estimate of drug-likeness (QED) is 0.908. The summed E-state index contributed by atoms with van der Waals surface area (Å²) in [7, 11) is 0. The fourth-order valence-corrected chi connectivity index (χ4v) is 4.18. The third kappa shape index (κ3) is 3.32. The van der Waals surface area contributed by atoms with Crippen LogP contribution in [0.4, 0.5) is 5.13 Å². The summed E-state index contributed by atoms with van der Waals surface area (Å²) in [6, 6.07) is 0.425. The summed E-state index contributed by atoms with van der Waals surface area (Å²) in [4.78, 5) is 18.7. The standard InChI is InChI=1S/C15H23N3OS/c19-14(10-12-4-1-2-5-12)17-11-13-6-3-8-18(13)15-16-7-9-20-15/h7,9,12-13H,1-6,8,10-11H2,(H,17,19). The maximum absolute atomic E-state index is 12.0. The zero-order valence-electron chi connectivity index (χ0n) is 11.9. The van der Waals surface area contributed by atoms with E-state index in [9.17, 15) is 4.79 Å². The van der Waals surface area contributed by atoms with Gasteiger partial charge >= 0.3 is 0 Å². The number of aromatic nitrogens is 1. The third-order valence-electron chi connectivity index (χ3n) is 4.53. The molecule has 1 amide bonds. The van der Waals surface area contributed by atoms with E-state index in [0.29, 0.717) is 12.0 Å². The second kappa shape index (κ2) is 6.57. The Morgan fingerprint density at radius 1 is 1.35 bits per heavy atom. The lowest BCUT2D eigenvalue weighted by Gasteiger charge is -2.24. The second-order valence-corrected chi connectivity index (χ2v) is 6.84. The maximum atomic E-state index is 12.0. The number of carbonyl (C=O) groups excluding carboxylic acids is 1.